The fourth-order valence-electron chi connectivity index (χ4n) is 12.9. The molecule has 0 saturated carbocycles. The van der Waals surface area contributed by atoms with Gasteiger partial charge in [0, 0.05) is 109 Å². The van der Waals surface area contributed by atoms with Crippen LogP contribution in [0.3, 0.4) is 0 Å². The van der Waals surface area contributed by atoms with Crippen molar-refractivity contribution in [2.45, 2.75) is 262 Å². The second kappa shape index (κ2) is 64.3. The number of carbonyl (C=O) groups is 12. The summed E-state index contributed by atoms with van der Waals surface area (Å²) >= 11 is 16.7. The number of ether oxygens (including phenoxy) is 2. The molecule has 0 saturated heterocycles. The molecule has 0 spiro atoms. The van der Waals surface area contributed by atoms with Crippen LogP contribution in [-0.4, -0.2) is 170 Å². The minimum absolute atomic E-state index is 0.0307. The van der Waals surface area contributed by atoms with Gasteiger partial charge in [-0.1, -0.05) is 199 Å². The monoisotopic (exact) mass is 2180 g/mol. The number of aliphatic hydroxyl groups excluding tert-OH is 5. The first kappa shape index (κ1) is 121. The first-order valence-electron chi connectivity index (χ1n) is 45.2. The Balaban J connectivity index is 0.000000571. The summed E-state index contributed by atoms with van der Waals surface area (Å²) in [5, 5.41) is 72.8. The number of halogens is 5. The quantitative estimate of drug-likeness (QED) is 0.0158. The summed E-state index contributed by atoms with van der Waals surface area (Å²) in [6, 6.07) is 39.5. The molecule has 0 heterocycles. The average Bonchev–Trinajstić information content (AvgIpc) is 0.836. The molecule has 0 radical (unpaired) electrons. The maximum Gasteiger partial charge on any atom is 0.319 e. The van der Waals surface area contributed by atoms with Gasteiger partial charge in [-0.25, -0.2) is 24.0 Å². The van der Waals surface area contributed by atoms with E-state index < -0.39 is 101 Å². The first-order chi connectivity index (χ1) is 62.8. The van der Waals surface area contributed by atoms with Crippen molar-refractivity contribution in [3.63, 3.8) is 0 Å². The van der Waals surface area contributed by atoms with Crippen molar-refractivity contribution in [2.24, 2.45) is 47.3 Å². The van der Waals surface area contributed by atoms with E-state index >= 15 is 0 Å². The number of ketones is 5. The van der Waals surface area contributed by atoms with E-state index in [9.17, 15) is 62.6 Å². The molecule has 6 aromatic rings. The molecule has 1 unspecified atom stereocenters. The Hall–Kier alpha value is -8.84. The summed E-state index contributed by atoms with van der Waals surface area (Å²) in [6.07, 6.45) is 3.54. The van der Waals surface area contributed by atoms with E-state index in [0.29, 0.717) is 72.5 Å². The number of anilines is 5. The van der Waals surface area contributed by atoms with Gasteiger partial charge in [-0.2, -0.15) is 0 Å². The van der Waals surface area contributed by atoms with Crippen LogP contribution in [0, 0.1) is 47.3 Å². The zero-order chi connectivity index (χ0) is 101. The molecule has 134 heavy (non-hydrogen) atoms. The van der Waals surface area contributed by atoms with Gasteiger partial charge in [0.2, 0.25) is 0 Å². The van der Waals surface area contributed by atoms with Gasteiger partial charge < -0.3 is 88.2 Å². The predicted molar refractivity (Wildman–Crippen MR) is 547 cm³/mol. The maximum atomic E-state index is 13.3. The van der Waals surface area contributed by atoms with Gasteiger partial charge in [-0.05, 0) is 249 Å². The number of rotatable bonds is 45. The van der Waals surface area contributed by atoms with Gasteiger partial charge in [-0.3, -0.25) is 33.6 Å². The number of nitrogens with one attached hydrogen (secondary N) is 10. The van der Waals surface area contributed by atoms with Gasteiger partial charge in [-0.15, -0.1) is 0 Å². The maximum absolute atomic E-state index is 13.3. The van der Waals surface area contributed by atoms with Crippen molar-refractivity contribution < 1.29 is 92.5 Å². The smallest absolute Gasteiger partial charge is 0.319 e. The third-order valence-corrected chi connectivity index (χ3v) is 22.1. The van der Waals surface area contributed by atoms with Gasteiger partial charge in [0.05, 0.1) is 54.8 Å². The predicted octanol–water partition coefficient (Wildman–Crippen LogP) is 20.6. The molecule has 0 aliphatic carbocycles. The van der Waals surface area contributed by atoms with Gasteiger partial charge in [0.1, 0.15) is 11.2 Å². The Kier molecular flexibility index (Phi) is 58.2. The topological polar surface area (TPSA) is 445 Å². The Morgan fingerprint density at radius 2 is 0.597 bits per heavy atom. The Morgan fingerprint density at radius 3 is 0.858 bits per heavy atom. The lowest BCUT2D eigenvalue weighted by Crippen LogP contribution is -2.45. The highest BCUT2D eigenvalue weighted by molar-refractivity contribution is 9.11. The fourth-order valence-corrected chi connectivity index (χ4v) is 14.2. The number of hydrogen-bond acceptors (Lipinski definition) is 19. The number of hydrogen-bond donors (Lipinski definition) is 15. The molecule has 0 aromatic heterocycles. The zero-order valence-electron chi connectivity index (χ0n) is 80.5. The molecular weight excluding hydrogens is 2040 g/mol. The minimum atomic E-state index is -0.912. The normalized spacial score (nSPS) is 13.2. The largest absolute Gasteiger partial charge is 0.460 e. The lowest BCUT2D eigenvalue weighted by molar-refractivity contribution is -0.161. The first-order valence-corrected chi connectivity index (χ1v) is 49.2. The molecule has 0 bridgehead atoms. The molecule has 6 aromatic carbocycles. The van der Waals surface area contributed by atoms with Gasteiger partial charge >= 0.3 is 42.1 Å². The number of benzene rings is 6. The minimum Gasteiger partial charge on any atom is -0.460 e. The summed E-state index contributed by atoms with van der Waals surface area (Å²) in [6.45, 7) is 33.5. The van der Waals surface area contributed by atoms with Crippen LogP contribution in [0.15, 0.2) is 174 Å². The Bertz CT molecular complexity index is 4540. The zero-order valence-corrected chi connectivity index (χ0v) is 88.4. The highest BCUT2D eigenvalue weighted by Crippen LogP contribution is 2.29. The number of Topliss-reactive ketones (excluding diaryl/α,β-unsaturated/α-hetero) is 5. The highest BCUT2D eigenvalue weighted by Gasteiger charge is 2.35. The van der Waals surface area contributed by atoms with Crippen LogP contribution in [0.25, 0.3) is 0 Å². The van der Waals surface area contributed by atoms with E-state index in [2.05, 4.69) is 133 Å². The second-order valence-electron chi connectivity index (χ2n) is 37.0. The van der Waals surface area contributed by atoms with Crippen LogP contribution in [0.2, 0.25) is 0 Å². The molecule has 10 amide bonds. The van der Waals surface area contributed by atoms with Crippen molar-refractivity contribution in [1.29, 1.82) is 0 Å². The molecular formula is C100H143Br5N10O19. The molecule has 15 N–H and O–H groups in total. The van der Waals surface area contributed by atoms with E-state index in [1.807, 2.05) is 183 Å². The standard InChI is InChI=1S/C26H33BrN2O4.C23H35BrN2O4.2C17H25BrN2O4.C17H25BrN2O3/c1-17(2)15-22(29-25(32)28-20-13-11-19(27)12-14-20)23(30)16-21(18-9-7-6-8-10-18)24(31)33-26(3,4)5;1-7-8-16(21(28)30-23(4,5)6)14-20(27)19(13-15(2)3)26-22(29)25-18-11-9-17(24)10-12-18;1-11(2)7-15(16(23)8-12(9-21)10-22)20-17(24)19-14-5-3-13(18)4-6-14;1-11(2)9-15(16(23)8-7-14(22)10-21)20-17(24)19-13-5-3-12(18)4-6-13;1-11(2)8-15(16(22)9-12(3)10-21)20-17(23)19-14-6-4-13(18)5-7-14/h6-14,17,21-22H,15-16H2,1-5H3,(H2,28,29,32);9-12,15-16,19H,7-8,13-14H2,1-6H3,(H2,25,26,29);3-6,11-12,15,21-22H,7-10H2,1-2H3,(H2,19,20,24);3-6,11,14-15,21-22H,7-10H2,1-2H3,(H2,19,20,24);4-7,11-12,15,21H,8-10H2,1-3H3,(H2,19,20,23)/t21-,22-;16-,19+;15-;14?,15-;12-,15-/m01000/s1. The number of amides is 10. The van der Waals surface area contributed by atoms with Gasteiger partial charge in [0.15, 0.2) is 28.9 Å². The lowest BCUT2D eigenvalue weighted by atomic mass is 9.89. The molecule has 0 aliphatic rings. The van der Waals surface area contributed by atoms with E-state index in [0.717, 1.165) is 28.8 Å². The van der Waals surface area contributed by atoms with Crippen LogP contribution in [0.1, 0.15) is 220 Å². The van der Waals surface area contributed by atoms with Crippen LogP contribution in [0.4, 0.5) is 52.4 Å². The van der Waals surface area contributed by atoms with E-state index in [1.165, 1.54) is 0 Å². The Morgan fingerprint density at radius 1 is 0.328 bits per heavy atom. The van der Waals surface area contributed by atoms with Crippen molar-refractivity contribution in [1.82, 2.24) is 26.6 Å². The van der Waals surface area contributed by atoms with Crippen LogP contribution in [-0.2, 0) is 43.0 Å². The van der Waals surface area contributed by atoms with Gasteiger partial charge in [0.25, 0.3) is 0 Å². The van der Waals surface area contributed by atoms with Crippen molar-refractivity contribution in [2.75, 3.05) is 53.0 Å². The second-order valence-corrected chi connectivity index (χ2v) is 41.6. The molecule has 34 heteroatoms. The van der Waals surface area contributed by atoms with Crippen LogP contribution < -0.4 is 53.2 Å². The molecule has 742 valence electrons. The average molecular weight is 2190 g/mol. The fraction of sp³-hybridized carbons (Fsp3) is 0.520. The SMILES string of the molecule is CC(C)C[C@H](NC(=O)Nc1ccc(Br)cc1)C(=O)CC(CO)CO.CC(C)C[C@H](NC(=O)Nc1ccc(Br)cc1)C(=O)CCC(O)CO.CC(C)C[C@H](NC(=O)Nc1ccc(Br)cc1)C(=O)C[C@H](C(=O)OC(C)(C)C)c1ccccc1.CC(C)C[C@H](NC(=O)Nc1ccc(Br)cc1)C(=O)C[C@H](C)CO.CCC[C@H](CC(=O)[C@H](CC(C)C)NC(=O)Nc1ccc(Br)cc1)C(=O)OC(C)(C)C. The highest BCUT2D eigenvalue weighted by atomic mass is 79.9. The lowest BCUT2D eigenvalue weighted by Gasteiger charge is -2.26. The summed E-state index contributed by atoms with van der Waals surface area (Å²) in [4.78, 5) is 150. The third kappa shape index (κ3) is 54.8. The number of esters is 2. The number of urea groups is 5. The van der Waals surface area contributed by atoms with E-state index in [4.69, 9.17) is 29.9 Å². The molecule has 9 atom stereocenters. The van der Waals surface area contributed by atoms with Crippen molar-refractivity contribution in [3.05, 3.63) is 180 Å². The summed E-state index contributed by atoms with van der Waals surface area (Å²) in [5.41, 5.74) is 2.58. The van der Waals surface area contributed by atoms with E-state index in [-0.39, 0.29) is 135 Å². The Labute approximate surface area is 833 Å². The summed E-state index contributed by atoms with van der Waals surface area (Å²) in [5.74, 6) is -2.32. The molecule has 0 aliphatic heterocycles. The summed E-state index contributed by atoms with van der Waals surface area (Å²) in [7, 11) is 0. The molecule has 6 rings (SSSR count). The van der Waals surface area contributed by atoms with Crippen molar-refractivity contribution in [3.8, 4) is 0 Å². The van der Waals surface area contributed by atoms with Crippen LogP contribution in [0.5, 0.6) is 0 Å². The number of aliphatic hydroxyl groups is 5. The van der Waals surface area contributed by atoms with Crippen LogP contribution >= 0.6 is 79.6 Å². The third-order valence-electron chi connectivity index (χ3n) is 19.4. The summed E-state index contributed by atoms with van der Waals surface area (Å²) < 4.78 is 15.6. The van der Waals surface area contributed by atoms with Crippen molar-refractivity contribution >= 4 is 179 Å². The molecule has 29 nitrogen and oxygen atoms in total. The van der Waals surface area contributed by atoms with E-state index in [1.54, 1.807) is 93.6 Å². The molecule has 0 fully saturated rings. The number of carbonyl (C=O) groups excluding carboxylic acids is 12.